The molecule has 3 rings (SSSR count). The first kappa shape index (κ1) is 30.5. The number of nitriles is 1. The number of halogens is 4. The van der Waals surface area contributed by atoms with Crippen molar-refractivity contribution in [2.45, 2.75) is 50.9 Å². The Labute approximate surface area is 235 Å². The number of ether oxygens (including phenoxy) is 2. The first-order valence-electron chi connectivity index (χ1n) is 12.5. The lowest BCUT2D eigenvalue weighted by Crippen LogP contribution is -2.44. The lowest BCUT2D eigenvalue weighted by molar-refractivity contribution is -0.153. The van der Waals surface area contributed by atoms with Crippen LogP contribution in [0.3, 0.4) is 0 Å². The Hall–Kier alpha value is -4.03. The van der Waals surface area contributed by atoms with Gasteiger partial charge >= 0.3 is 12.1 Å². The van der Waals surface area contributed by atoms with E-state index in [2.05, 4.69) is 11.4 Å². The minimum Gasteiger partial charge on any atom is -0.483 e. The van der Waals surface area contributed by atoms with Crippen molar-refractivity contribution in [2.75, 3.05) is 6.61 Å². The minimum atomic E-state index is -4.59. The topological polar surface area (TPSA) is 88.4 Å². The average Bonchev–Trinajstić information content (AvgIpc) is 2.93. The monoisotopic (exact) mass is 572 g/mol. The van der Waals surface area contributed by atoms with Gasteiger partial charge in [-0.1, -0.05) is 54.9 Å². The molecule has 0 aliphatic heterocycles. The summed E-state index contributed by atoms with van der Waals surface area (Å²) in [6.45, 7) is 1.89. The highest BCUT2D eigenvalue weighted by Gasteiger charge is 2.31. The Bertz CT molecular complexity index is 1360. The van der Waals surface area contributed by atoms with E-state index in [1.54, 1.807) is 37.3 Å². The van der Waals surface area contributed by atoms with Crippen LogP contribution in [0.25, 0.3) is 0 Å². The highest BCUT2D eigenvalue weighted by Crippen LogP contribution is 2.27. The van der Waals surface area contributed by atoms with Gasteiger partial charge in [0.05, 0.1) is 11.6 Å². The van der Waals surface area contributed by atoms with Crippen molar-refractivity contribution in [2.24, 2.45) is 0 Å². The first-order valence-corrected chi connectivity index (χ1v) is 12.9. The van der Waals surface area contributed by atoms with Crippen LogP contribution >= 0.6 is 11.6 Å². The lowest BCUT2D eigenvalue weighted by Gasteiger charge is -2.27. The molecule has 210 valence electrons. The zero-order chi connectivity index (χ0) is 29.3. The Balaban J connectivity index is 1.77. The summed E-state index contributed by atoms with van der Waals surface area (Å²) in [6, 6.07) is 21.4. The summed E-state index contributed by atoms with van der Waals surface area (Å²) < 4.78 is 48.1. The van der Waals surface area contributed by atoms with Crippen LogP contribution in [0.4, 0.5) is 13.2 Å². The van der Waals surface area contributed by atoms with E-state index in [0.717, 1.165) is 11.1 Å². The molecule has 0 saturated carbocycles. The van der Waals surface area contributed by atoms with Crippen molar-refractivity contribution in [1.82, 2.24) is 5.32 Å². The number of esters is 1. The predicted molar refractivity (Wildman–Crippen MR) is 144 cm³/mol. The number of rotatable bonds is 11. The number of nitrogens with zero attached hydrogens (tertiary/aromatic N) is 1. The predicted octanol–water partition coefficient (Wildman–Crippen LogP) is 6.62. The second-order valence-electron chi connectivity index (χ2n) is 9.17. The molecule has 1 amide bonds. The lowest BCUT2D eigenvalue weighted by atomic mass is 9.85. The molecule has 0 aliphatic rings. The van der Waals surface area contributed by atoms with Crippen molar-refractivity contribution in [1.29, 1.82) is 5.26 Å². The molecule has 40 heavy (non-hydrogen) atoms. The minimum absolute atomic E-state index is 0.127. The number of hydrogen-bond acceptors (Lipinski definition) is 5. The van der Waals surface area contributed by atoms with Crippen molar-refractivity contribution in [3.8, 4) is 11.8 Å². The quantitative estimate of drug-likeness (QED) is 0.261. The van der Waals surface area contributed by atoms with Crippen LogP contribution in [0.1, 0.15) is 53.2 Å². The number of para-hydroxylation sites is 1. The molecule has 3 atom stereocenters. The summed E-state index contributed by atoms with van der Waals surface area (Å²) in [5, 5.41) is 12.9. The summed E-state index contributed by atoms with van der Waals surface area (Å²) in [5.41, 5.74) is 2.05. The molecular formula is C30H28ClF3N2O4. The molecule has 0 aliphatic carbocycles. The van der Waals surface area contributed by atoms with E-state index in [9.17, 15) is 28.0 Å². The Morgan fingerprint density at radius 3 is 2.40 bits per heavy atom. The maximum atomic E-state index is 13.2. The van der Waals surface area contributed by atoms with Gasteiger partial charge in [-0.15, -0.1) is 0 Å². The van der Waals surface area contributed by atoms with E-state index in [4.69, 9.17) is 21.1 Å². The maximum absolute atomic E-state index is 13.2. The van der Waals surface area contributed by atoms with E-state index >= 15 is 0 Å². The molecule has 0 fully saturated rings. The van der Waals surface area contributed by atoms with Crippen LogP contribution in [0.15, 0.2) is 72.8 Å². The standard InChI is InChI=1S/C30H28ClF3N2O4/c1-3-26(40-29(38)24-9-4-5-10-27(24)39-18-30(32,33)34)28(37)36-19(2)25(16-20-11-13-23(31)14-12-20)22-8-6-7-21(15-22)17-35/h4-15,19,25-26H,3,16,18H2,1-2H3,(H,36,37). The second-order valence-corrected chi connectivity index (χ2v) is 9.61. The van der Waals surface area contributed by atoms with E-state index < -0.39 is 36.8 Å². The van der Waals surface area contributed by atoms with Gasteiger partial charge in [-0.05, 0) is 67.3 Å². The molecule has 0 heterocycles. The number of hydrogen-bond donors (Lipinski definition) is 1. The third-order valence-electron chi connectivity index (χ3n) is 6.20. The van der Waals surface area contributed by atoms with E-state index in [1.165, 1.54) is 24.3 Å². The van der Waals surface area contributed by atoms with Crippen molar-refractivity contribution < 1.29 is 32.2 Å². The van der Waals surface area contributed by atoms with Gasteiger partial charge in [0.1, 0.15) is 11.3 Å². The van der Waals surface area contributed by atoms with Gasteiger partial charge in [-0.2, -0.15) is 18.4 Å². The molecule has 3 aromatic rings. The third-order valence-corrected chi connectivity index (χ3v) is 6.45. The highest BCUT2D eigenvalue weighted by atomic mass is 35.5. The van der Waals surface area contributed by atoms with Gasteiger partial charge in [-0.25, -0.2) is 4.79 Å². The fourth-order valence-corrected chi connectivity index (χ4v) is 4.28. The average molecular weight is 573 g/mol. The van der Waals surface area contributed by atoms with Crippen LogP contribution in [-0.2, 0) is 16.0 Å². The van der Waals surface area contributed by atoms with E-state index in [1.807, 2.05) is 25.1 Å². The Kier molecular flexibility index (Phi) is 10.6. The Morgan fingerprint density at radius 2 is 1.75 bits per heavy atom. The van der Waals surface area contributed by atoms with Gasteiger partial charge in [0, 0.05) is 17.0 Å². The van der Waals surface area contributed by atoms with Crippen LogP contribution in [-0.4, -0.2) is 36.8 Å². The largest absolute Gasteiger partial charge is 0.483 e. The summed E-state index contributed by atoms with van der Waals surface area (Å²) in [7, 11) is 0. The van der Waals surface area contributed by atoms with Gasteiger partial charge in [-0.3, -0.25) is 4.79 Å². The molecular weight excluding hydrogens is 545 g/mol. The van der Waals surface area contributed by atoms with Crippen molar-refractivity contribution >= 4 is 23.5 Å². The van der Waals surface area contributed by atoms with Gasteiger partial charge in [0.15, 0.2) is 12.7 Å². The highest BCUT2D eigenvalue weighted by molar-refractivity contribution is 6.30. The molecule has 3 unspecified atom stereocenters. The van der Waals surface area contributed by atoms with E-state index in [0.29, 0.717) is 17.0 Å². The van der Waals surface area contributed by atoms with Gasteiger partial charge in [0.2, 0.25) is 0 Å². The van der Waals surface area contributed by atoms with Crippen LogP contribution in [0.5, 0.6) is 5.75 Å². The van der Waals surface area contributed by atoms with Crippen molar-refractivity contribution in [3.63, 3.8) is 0 Å². The molecule has 0 aromatic heterocycles. The Morgan fingerprint density at radius 1 is 1.05 bits per heavy atom. The van der Waals surface area contributed by atoms with Crippen LogP contribution < -0.4 is 10.1 Å². The summed E-state index contributed by atoms with van der Waals surface area (Å²) >= 11 is 6.03. The number of benzene rings is 3. The number of amides is 1. The summed E-state index contributed by atoms with van der Waals surface area (Å²) in [6.07, 6.45) is -5.14. The molecule has 0 saturated heterocycles. The fraction of sp³-hybridized carbons (Fsp3) is 0.300. The number of alkyl halides is 3. The number of carbonyl (C=O) groups is 2. The molecule has 0 spiro atoms. The molecule has 10 heteroatoms. The zero-order valence-corrected chi connectivity index (χ0v) is 22.6. The van der Waals surface area contributed by atoms with Crippen molar-refractivity contribution in [3.05, 3.63) is 100 Å². The first-order chi connectivity index (χ1) is 19.0. The third kappa shape index (κ3) is 8.75. The smallest absolute Gasteiger partial charge is 0.422 e. The summed E-state index contributed by atoms with van der Waals surface area (Å²) in [4.78, 5) is 26.1. The molecule has 6 nitrogen and oxygen atoms in total. The molecule has 0 bridgehead atoms. The maximum Gasteiger partial charge on any atom is 0.422 e. The zero-order valence-electron chi connectivity index (χ0n) is 21.9. The summed E-state index contributed by atoms with van der Waals surface area (Å²) in [5.74, 6) is -2.08. The van der Waals surface area contributed by atoms with E-state index in [-0.39, 0.29) is 23.7 Å². The van der Waals surface area contributed by atoms with Crippen LogP contribution in [0, 0.1) is 11.3 Å². The van der Waals surface area contributed by atoms with Gasteiger partial charge < -0.3 is 14.8 Å². The second kappa shape index (κ2) is 13.9. The number of nitrogens with one attached hydrogen (secondary N) is 1. The number of carbonyl (C=O) groups excluding carboxylic acids is 2. The normalized spacial score (nSPS) is 13.4. The SMILES string of the molecule is CCC(OC(=O)c1ccccc1OCC(F)(F)F)C(=O)NC(C)C(Cc1ccc(Cl)cc1)c1cccc(C#N)c1. The van der Waals surface area contributed by atoms with Crippen LogP contribution in [0.2, 0.25) is 5.02 Å². The molecule has 3 aromatic carbocycles. The molecule has 0 radical (unpaired) electrons. The van der Waals surface area contributed by atoms with Gasteiger partial charge in [0.25, 0.3) is 5.91 Å². The molecule has 1 N–H and O–H groups in total. The fourth-order valence-electron chi connectivity index (χ4n) is 4.15.